The zero-order valence-corrected chi connectivity index (χ0v) is 11.5. The highest BCUT2D eigenvalue weighted by Gasteiger charge is 2.14. The molecule has 2 N–H and O–H groups in total. The van der Waals surface area contributed by atoms with Crippen LogP contribution in [0.25, 0.3) is 11.0 Å². The lowest BCUT2D eigenvalue weighted by molar-refractivity contribution is 0.0520. The molecule has 0 saturated carbocycles. The predicted octanol–water partition coefficient (Wildman–Crippen LogP) is 1.15. The number of nitrogens with one attached hydrogen (secondary N) is 2. The zero-order chi connectivity index (χ0) is 13.9. The van der Waals surface area contributed by atoms with E-state index in [-0.39, 0.29) is 5.97 Å². The van der Waals surface area contributed by atoms with E-state index in [2.05, 4.69) is 20.2 Å². The van der Waals surface area contributed by atoms with Gasteiger partial charge in [0, 0.05) is 31.6 Å². The van der Waals surface area contributed by atoms with Crippen molar-refractivity contribution in [2.75, 3.05) is 37.7 Å². The fourth-order valence-corrected chi connectivity index (χ4v) is 2.38. The monoisotopic (exact) mass is 274 g/mol. The zero-order valence-electron chi connectivity index (χ0n) is 11.5. The quantitative estimate of drug-likeness (QED) is 0.822. The minimum absolute atomic E-state index is 0.339. The molecule has 3 heterocycles. The maximum absolute atomic E-state index is 11.7. The number of ether oxygens (including phenoxy) is 1. The Morgan fingerprint density at radius 1 is 1.40 bits per heavy atom. The second-order valence-corrected chi connectivity index (χ2v) is 4.75. The number of fused-ring (bicyclic) bond motifs is 1. The van der Waals surface area contributed by atoms with E-state index < -0.39 is 0 Å². The number of nitrogens with zero attached hydrogens (tertiary/aromatic N) is 2. The van der Waals surface area contributed by atoms with Gasteiger partial charge in [-0.2, -0.15) is 0 Å². The number of carbonyl (C=O) groups is 1. The summed E-state index contributed by atoms with van der Waals surface area (Å²) >= 11 is 0. The third-order valence-electron chi connectivity index (χ3n) is 3.40. The molecule has 1 saturated heterocycles. The molecule has 1 aliphatic heterocycles. The molecule has 20 heavy (non-hydrogen) atoms. The summed E-state index contributed by atoms with van der Waals surface area (Å²) in [6, 6.07) is 5.76. The number of rotatable bonds is 3. The molecule has 2 aromatic rings. The Bertz CT molecular complexity index is 617. The van der Waals surface area contributed by atoms with Gasteiger partial charge >= 0.3 is 5.97 Å². The third-order valence-corrected chi connectivity index (χ3v) is 3.40. The summed E-state index contributed by atoms with van der Waals surface area (Å²) in [5.74, 6) is 0.602. The lowest BCUT2D eigenvalue weighted by Gasteiger charge is -2.28. The number of piperazine rings is 1. The maximum Gasteiger partial charge on any atom is 0.354 e. The van der Waals surface area contributed by atoms with E-state index in [1.807, 2.05) is 12.1 Å². The molecular weight excluding hydrogens is 256 g/mol. The van der Waals surface area contributed by atoms with Gasteiger partial charge in [-0.15, -0.1) is 0 Å². The van der Waals surface area contributed by atoms with E-state index in [0.29, 0.717) is 12.3 Å². The van der Waals surface area contributed by atoms with Crippen LogP contribution in [0.2, 0.25) is 0 Å². The summed E-state index contributed by atoms with van der Waals surface area (Å²) in [4.78, 5) is 21.6. The number of aromatic nitrogens is 2. The van der Waals surface area contributed by atoms with Crippen molar-refractivity contribution >= 4 is 22.8 Å². The van der Waals surface area contributed by atoms with E-state index in [1.165, 1.54) is 0 Å². The van der Waals surface area contributed by atoms with E-state index in [0.717, 1.165) is 43.0 Å². The lowest BCUT2D eigenvalue weighted by atomic mass is 10.3. The summed E-state index contributed by atoms with van der Waals surface area (Å²) in [5.41, 5.74) is 1.18. The van der Waals surface area contributed by atoms with Gasteiger partial charge in [0.25, 0.3) is 0 Å². The number of H-pyrrole nitrogens is 1. The normalized spacial score (nSPS) is 15.6. The first-order chi connectivity index (χ1) is 9.78. The van der Waals surface area contributed by atoms with Crippen molar-refractivity contribution in [1.29, 1.82) is 0 Å². The number of hydrogen-bond acceptors (Lipinski definition) is 5. The highest BCUT2D eigenvalue weighted by molar-refractivity contribution is 5.94. The molecule has 0 radical (unpaired) electrons. The molecule has 0 bridgehead atoms. The van der Waals surface area contributed by atoms with Crippen molar-refractivity contribution < 1.29 is 9.53 Å². The topological polar surface area (TPSA) is 70.2 Å². The Kier molecular flexibility index (Phi) is 3.56. The van der Waals surface area contributed by atoms with Crippen LogP contribution in [0, 0.1) is 0 Å². The van der Waals surface area contributed by atoms with Gasteiger partial charge in [-0.25, -0.2) is 9.78 Å². The molecule has 0 aromatic carbocycles. The number of anilines is 1. The Morgan fingerprint density at radius 2 is 2.20 bits per heavy atom. The molecule has 2 aromatic heterocycles. The van der Waals surface area contributed by atoms with E-state index >= 15 is 0 Å². The van der Waals surface area contributed by atoms with Crippen molar-refractivity contribution in [3.63, 3.8) is 0 Å². The summed E-state index contributed by atoms with van der Waals surface area (Å²) < 4.78 is 4.99. The first-order valence-corrected chi connectivity index (χ1v) is 6.90. The van der Waals surface area contributed by atoms with Crippen LogP contribution in [0.15, 0.2) is 18.2 Å². The second kappa shape index (κ2) is 5.50. The average molecular weight is 274 g/mol. The van der Waals surface area contributed by atoms with Crippen LogP contribution in [0.1, 0.15) is 17.4 Å². The van der Waals surface area contributed by atoms with Crippen molar-refractivity contribution in [3.8, 4) is 0 Å². The summed E-state index contributed by atoms with van der Waals surface area (Å²) in [6.45, 7) is 6.00. The molecule has 1 aliphatic rings. The molecule has 6 nitrogen and oxygen atoms in total. The second-order valence-electron chi connectivity index (χ2n) is 4.75. The molecular formula is C14H18N4O2. The first-order valence-electron chi connectivity index (χ1n) is 6.90. The predicted molar refractivity (Wildman–Crippen MR) is 77.1 cm³/mol. The maximum atomic E-state index is 11.7. The van der Waals surface area contributed by atoms with E-state index in [1.54, 1.807) is 13.0 Å². The van der Waals surface area contributed by atoms with Crippen molar-refractivity contribution in [2.45, 2.75) is 6.92 Å². The number of esters is 1. The molecule has 0 amide bonds. The van der Waals surface area contributed by atoms with Crippen LogP contribution >= 0.6 is 0 Å². The third kappa shape index (κ3) is 2.46. The van der Waals surface area contributed by atoms with Crippen LogP contribution < -0.4 is 10.2 Å². The van der Waals surface area contributed by atoms with Crippen LogP contribution in [-0.4, -0.2) is 48.7 Å². The Morgan fingerprint density at radius 3 is 2.95 bits per heavy atom. The molecule has 3 rings (SSSR count). The fraction of sp³-hybridized carbons (Fsp3) is 0.429. The molecule has 0 spiro atoms. The van der Waals surface area contributed by atoms with Crippen molar-refractivity contribution in [1.82, 2.24) is 15.3 Å². The van der Waals surface area contributed by atoms with Gasteiger partial charge in [0.15, 0.2) is 0 Å². The summed E-state index contributed by atoms with van der Waals surface area (Å²) in [7, 11) is 0. The largest absolute Gasteiger partial charge is 0.461 e. The number of carbonyl (C=O) groups excluding carboxylic acids is 1. The highest BCUT2D eigenvalue weighted by Crippen LogP contribution is 2.19. The molecule has 0 aliphatic carbocycles. The van der Waals surface area contributed by atoms with Gasteiger partial charge in [-0.1, -0.05) is 0 Å². The smallest absolute Gasteiger partial charge is 0.354 e. The van der Waals surface area contributed by atoms with E-state index in [9.17, 15) is 4.79 Å². The number of aromatic amines is 1. The van der Waals surface area contributed by atoms with E-state index in [4.69, 9.17) is 4.74 Å². The van der Waals surface area contributed by atoms with Gasteiger partial charge in [0.2, 0.25) is 0 Å². The summed E-state index contributed by atoms with van der Waals surface area (Å²) in [5, 5.41) is 4.24. The molecule has 0 atom stereocenters. The SMILES string of the molecule is CCOC(=O)c1cc2ccc(N3CCNCC3)nc2[nH]1. The van der Waals surface area contributed by atoms with Gasteiger partial charge < -0.3 is 19.9 Å². The van der Waals surface area contributed by atoms with Gasteiger partial charge in [-0.3, -0.25) is 0 Å². The van der Waals surface area contributed by atoms with Crippen LogP contribution in [0.3, 0.4) is 0 Å². The van der Waals surface area contributed by atoms with Crippen LogP contribution in [0.5, 0.6) is 0 Å². The highest BCUT2D eigenvalue weighted by atomic mass is 16.5. The Labute approximate surface area is 117 Å². The Hall–Kier alpha value is -2.08. The average Bonchev–Trinajstić information content (AvgIpc) is 2.91. The minimum Gasteiger partial charge on any atom is -0.461 e. The minimum atomic E-state index is -0.339. The molecule has 6 heteroatoms. The number of pyridine rings is 1. The van der Waals surface area contributed by atoms with Crippen LogP contribution in [0.4, 0.5) is 5.82 Å². The molecule has 0 unspecified atom stereocenters. The number of hydrogen-bond donors (Lipinski definition) is 2. The van der Waals surface area contributed by atoms with Crippen LogP contribution in [-0.2, 0) is 4.74 Å². The van der Waals surface area contributed by atoms with Gasteiger partial charge in [0.1, 0.15) is 17.2 Å². The molecule has 106 valence electrons. The lowest BCUT2D eigenvalue weighted by Crippen LogP contribution is -2.43. The summed E-state index contributed by atoms with van der Waals surface area (Å²) in [6.07, 6.45) is 0. The van der Waals surface area contributed by atoms with Gasteiger partial charge in [0.05, 0.1) is 6.61 Å². The fourth-order valence-electron chi connectivity index (χ4n) is 2.38. The van der Waals surface area contributed by atoms with Crippen molar-refractivity contribution in [2.24, 2.45) is 0 Å². The van der Waals surface area contributed by atoms with Gasteiger partial charge in [-0.05, 0) is 25.1 Å². The first kappa shape index (κ1) is 12.9. The standard InChI is InChI=1S/C14H18N4O2/c1-2-20-14(19)11-9-10-3-4-12(17-13(10)16-11)18-7-5-15-6-8-18/h3-4,9,15H,2,5-8H2,1H3,(H,16,17). The van der Waals surface area contributed by atoms with Crippen molar-refractivity contribution in [3.05, 3.63) is 23.9 Å². The Balaban J connectivity index is 1.88. The molecule has 1 fully saturated rings.